The van der Waals surface area contributed by atoms with Gasteiger partial charge in [-0.25, -0.2) is 9.37 Å². The van der Waals surface area contributed by atoms with Crippen molar-refractivity contribution in [3.63, 3.8) is 0 Å². The van der Waals surface area contributed by atoms with E-state index >= 15 is 4.39 Å². The number of esters is 2. The van der Waals surface area contributed by atoms with E-state index in [0.717, 1.165) is 57.8 Å². The van der Waals surface area contributed by atoms with Crippen LogP contribution in [0.1, 0.15) is 104 Å². The van der Waals surface area contributed by atoms with Crippen LogP contribution in [-0.2, 0) is 28.6 Å². The number of ether oxygens (including phenoxy) is 3. The molecule has 242 valence electrons. The zero-order valence-electron chi connectivity index (χ0n) is 26.0. The Kier molecular flexibility index (Phi) is 10.3. The molecule has 3 fully saturated rings. The van der Waals surface area contributed by atoms with Gasteiger partial charge in [-0.15, -0.1) is 0 Å². The highest BCUT2D eigenvalue weighted by Crippen LogP contribution is 2.45. The van der Waals surface area contributed by atoms with Crippen LogP contribution in [0, 0.1) is 11.8 Å². The Labute approximate surface area is 257 Å². The summed E-state index contributed by atoms with van der Waals surface area (Å²) in [6.45, 7) is 2.68. The SMILES string of the molecule is CCC(=O)OCC1OC(n2cnc3c(NC)nc(NC(=O)CC4CCCCC4)nc32)[C@](C)(F)[C@@H]1OC(=O)CC1CCCCC1. The molecule has 44 heavy (non-hydrogen) atoms. The number of nitrogens with one attached hydrogen (secondary N) is 2. The second kappa shape index (κ2) is 14.2. The van der Waals surface area contributed by atoms with E-state index in [1.54, 1.807) is 14.0 Å². The Hall–Kier alpha value is -3.35. The molecule has 3 heterocycles. The van der Waals surface area contributed by atoms with Crippen molar-refractivity contribution in [3.05, 3.63) is 6.33 Å². The topological polar surface area (TPSA) is 147 Å². The van der Waals surface area contributed by atoms with Crippen LogP contribution in [0.4, 0.5) is 16.2 Å². The van der Waals surface area contributed by atoms with Gasteiger partial charge in [-0.1, -0.05) is 45.4 Å². The van der Waals surface area contributed by atoms with Gasteiger partial charge in [0.25, 0.3) is 0 Å². The van der Waals surface area contributed by atoms with E-state index in [1.165, 1.54) is 24.2 Å². The number of amides is 1. The molecule has 2 aromatic rings. The van der Waals surface area contributed by atoms with Crippen LogP contribution in [0.15, 0.2) is 6.33 Å². The number of carbonyl (C=O) groups excluding carboxylic acids is 3. The summed E-state index contributed by atoms with van der Waals surface area (Å²) in [5.74, 6) is -0.205. The highest BCUT2D eigenvalue weighted by molar-refractivity contribution is 5.91. The number of hydrogen-bond donors (Lipinski definition) is 2. The zero-order valence-corrected chi connectivity index (χ0v) is 26.0. The number of halogens is 1. The van der Waals surface area contributed by atoms with E-state index in [0.29, 0.717) is 23.7 Å². The van der Waals surface area contributed by atoms with Crippen molar-refractivity contribution in [2.24, 2.45) is 11.8 Å². The minimum absolute atomic E-state index is 0.0619. The number of carbonyl (C=O) groups is 3. The fourth-order valence-electron chi connectivity index (χ4n) is 6.77. The van der Waals surface area contributed by atoms with Gasteiger partial charge in [0, 0.05) is 26.3 Å². The third-order valence-corrected chi connectivity index (χ3v) is 9.18. The van der Waals surface area contributed by atoms with Gasteiger partial charge in [-0.3, -0.25) is 24.3 Å². The van der Waals surface area contributed by atoms with Crippen molar-refractivity contribution >= 4 is 40.8 Å². The van der Waals surface area contributed by atoms with Crippen LogP contribution in [0.5, 0.6) is 0 Å². The van der Waals surface area contributed by atoms with Gasteiger partial charge in [0.1, 0.15) is 12.7 Å². The van der Waals surface area contributed by atoms with Crippen molar-refractivity contribution in [1.29, 1.82) is 0 Å². The fourth-order valence-corrected chi connectivity index (χ4v) is 6.77. The quantitative estimate of drug-likeness (QED) is 0.321. The third-order valence-electron chi connectivity index (χ3n) is 9.18. The molecule has 0 aromatic carbocycles. The second-order valence-electron chi connectivity index (χ2n) is 12.6. The van der Waals surface area contributed by atoms with Gasteiger partial charge in [0.2, 0.25) is 11.9 Å². The zero-order chi connectivity index (χ0) is 31.3. The normalized spacial score (nSPS) is 26.4. The van der Waals surface area contributed by atoms with Crippen molar-refractivity contribution in [1.82, 2.24) is 19.5 Å². The molecule has 3 aliphatic rings. The molecule has 1 amide bonds. The van der Waals surface area contributed by atoms with Crippen molar-refractivity contribution in [3.8, 4) is 0 Å². The Morgan fingerprint density at radius 3 is 2.32 bits per heavy atom. The van der Waals surface area contributed by atoms with Crippen molar-refractivity contribution in [2.45, 2.75) is 121 Å². The number of anilines is 2. The lowest BCUT2D eigenvalue weighted by atomic mass is 9.87. The van der Waals surface area contributed by atoms with E-state index in [9.17, 15) is 14.4 Å². The molecule has 4 atom stereocenters. The summed E-state index contributed by atoms with van der Waals surface area (Å²) in [7, 11) is 1.67. The molecule has 2 aromatic heterocycles. The smallest absolute Gasteiger partial charge is 0.306 e. The molecule has 2 N–H and O–H groups in total. The van der Waals surface area contributed by atoms with Crippen LogP contribution in [0.3, 0.4) is 0 Å². The van der Waals surface area contributed by atoms with Crippen LogP contribution in [0.2, 0.25) is 0 Å². The molecule has 12 nitrogen and oxygen atoms in total. The number of alkyl halides is 1. The van der Waals surface area contributed by atoms with E-state index < -0.39 is 36.0 Å². The van der Waals surface area contributed by atoms with E-state index in [-0.39, 0.29) is 42.9 Å². The molecule has 2 unspecified atom stereocenters. The van der Waals surface area contributed by atoms with E-state index in [4.69, 9.17) is 14.2 Å². The summed E-state index contributed by atoms with van der Waals surface area (Å²) in [6.07, 6.45) is 9.07. The van der Waals surface area contributed by atoms with Gasteiger partial charge in [0.15, 0.2) is 35.0 Å². The van der Waals surface area contributed by atoms with Gasteiger partial charge >= 0.3 is 11.9 Å². The van der Waals surface area contributed by atoms with Gasteiger partial charge in [-0.2, -0.15) is 9.97 Å². The molecule has 5 rings (SSSR count). The molecule has 1 aliphatic heterocycles. The van der Waals surface area contributed by atoms with Gasteiger partial charge in [-0.05, 0) is 44.4 Å². The predicted octanol–water partition coefficient (Wildman–Crippen LogP) is 5.24. The third kappa shape index (κ3) is 7.30. The van der Waals surface area contributed by atoms with Crippen molar-refractivity contribution < 1.29 is 33.0 Å². The minimum atomic E-state index is -2.24. The molecular formula is C31H45FN6O6. The average molecular weight is 617 g/mol. The summed E-state index contributed by atoms with van der Waals surface area (Å²) in [5, 5.41) is 5.77. The fraction of sp³-hybridized carbons (Fsp3) is 0.742. The Morgan fingerprint density at radius 1 is 1.02 bits per heavy atom. The van der Waals surface area contributed by atoms with E-state index in [2.05, 4.69) is 25.6 Å². The summed E-state index contributed by atoms with van der Waals surface area (Å²) in [5.41, 5.74) is -1.66. The number of hydrogen-bond acceptors (Lipinski definition) is 10. The Balaban J connectivity index is 1.39. The monoisotopic (exact) mass is 616 g/mol. The summed E-state index contributed by atoms with van der Waals surface area (Å²) < 4.78 is 35.5. The van der Waals surface area contributed by atoms with Gasteiger partial charge < -0.3 is 19.5 Å². The highest BCUT2D eigenvalue weighted by atomic mass is 19.1. The minimum Gasteiger partial charge on any atom is -0.463 e. The molecule has 13 heteroatoms. The molecule has 1 saturated heterocycles. The summed E-state index contributed by atoms with van der Waals surface area (Å²) in [6, 6.07) is 0. The van der Waals surface area contributed by atoms with Crippen LogP contribution >= 0.6 is 0 Å². The lowest BCUT2D eigenvalue weighted by Crippen LogP contribution is -2.44. The first-order chi connectivity index (χ1) is 21.2. The van der Waals surface area contributed by atoms with Gasteiger partial charge in [0.05, 0.1) is 6.33 Å². The Morgan fingerprint density at radius 2 is 1.68 bits per heavy atom. The van der Waals surface area contributed by atoms with Crippen LogP contribution in [0.25, 0.3) is 11.2 Å². The van der Waals surface area contributed by atoms with Crippen LogP contribution in [-0.4, -0.2) is 68.9 Å². The second-order valence-corrected chi connectivity index (χ2v) is 12.6. The maximum absolute atomic E-state index is 16.9. The molecule has 0 bridgehead atoms. The maximum Gasteiger partial charge on any atom is 0.306 e. The number of nitrogens with zero attached hydrogens (tertiary/aromatic N) is 4. The highest BCUT2D eigenvalue weighted by Gasteiger charge is 2.58. The lowest BCUT2D eigenvalue weighted by molar-refractivity contribution is -0.162. The standard InChI is InChI=1S/C31H45FN6O6/c1-4-23(40)42-17-21-26(44-24(41)16-20-13-9-6-10-14-20)31(2,32)29(43-21)38-18-34-25-27(33-3)36-30(37-28(25)38)35-22(39)15-19-11-7-5-8-12-19/h18-21,26,29H,4-17H2,1-3H3,(H2,33,35,36,37,39)/t21?,26-,29?,31-/m1/s1. The maximum atomic E-state index is 16.9. The van der Waals surface area contributed by atoms with Crippen LogP contribution < -0.4 is 10.6 Å². The lowest BCUT2D eigenvalue weighted by Gasteiger charge is -2.28. The Bertz CT molecular complexity index is 1320. The predicted molar refractivity (Wildman–Crippen MR) is 160 cm³/mol. The first-order valence-electron chi connectivity index (χ1n) is 16.1. The molecule has 2 aliphatic carbocycles. The number of fused-ring (bicyclic) bond motifs is 1. The largest absolute Gasteiger partial charge is 0.463 e. The molecular weight excluding hydrogens is 571 g/mol. The molecule has 2 saturated carbocycles. The molecule has 0 radical (unpaired) electrons. The molecule has 0 spiro atoms. The first-order valence-corrected chi connectivity index (χ1v) is 16.1. The number of imidazole rings is 1. The number of aromatic nitrogens is 4. The summed E-state index contributed by atoms with van der Waals surface area (Å²) in [4.78, 5) is 51.3. The average Bonchev–Trinajstić information content (AvgIpc) is 3.53. The van der Waals surface area contributed by atoms with Crippen molar-refractivity contribution in [2.75, 3.05) is 24.3 Å². The summed E-state index contributed by atoms with van der Waals surface area (Å²) >= 11 is 0. The number of rotatable bonds is 11. The van der Waals surface area contributed by atoms with E-state index in [1.807, 2.05) is 0 Å². The first kappa shape index (κ1) is 32.1.